The van der Waals surface area contributed by atoms with Crippen molar-refractivity contribution in [3.8, 4) is 0 Å². The normalized spacial score (nSPS) is 14.7. The van der Waals surface area contributed by atoms with Crippen molar-refractivity contribution in [2.24, 2.45) is 5.73 Å². The molecule has 0 radical (unpaired) electrons. The second kappa shape index (κ2) is 5.95. The zero-order valence-corrected chi connectivity index (χ0v) is 12.8. The number of hydrogen-bond donors (Lipinski definition) is 1. The Balaban J connectivity index is 2.31. The Labute approximate surface area is 124 Å². The molecule has 2 aromatic carbocycles. The van der Waals surface area contributed by atoms with E-state index in [-0.39, 0.29) is 4.90 Å². The molecule has 0 aliphatic rings. The maximum atomic E-state index is 12.9. The van der Waals surface area contributed by atoms with E-state index in [1.807, 2.05) is 31.2 Å². The molecule has 5 heteroatoms. The molecule has 112 valence electrons. The van der Waals surface area contributed by atoms with Gasteiger partial charge in [0.25, 0.3) is 0 Å². The molecular formula is C16H18FNO2S. The van der Waals surface area contributed by atoms with Crippen LogP contribution in [0, 0.1) is 12.7 Å². The standard InChI is InChI=1S/C16H18FNO2S/c1-11-3-5-13(6-4-11)16(18)12(2)21(19,20)15-9-7-14(17)8-10-15/h3-10,12,16H,18H2,1-2H3. The first-order valence-corrected chi connectivity index (χ1v) is 8.18. The number of halogens is 1. The van der Waals surface area contributed by atoms with Gasteiger partial charge >= 0.3 is 0 Å². The van der Waals surface area contributed by atoms with E-state index in [0.29, 0.717) is 0 Å². The largest absolute Gasteiger partial charge is 0.323 e. The summed E-state index contributed by atoms with van der Waals surface area (Å²) in [5, 5.41) is -0.800. The molecule has 0 aromatic heterocycles. The van der Waals surface area contributed by atoms with Gasteiger partial charge in [-0.1, -0.05) is 29.8 Å². The first-order valence-electron chi connectivity index (χ1n) is 6.64. The van der Waals surface area contributed by atoms with Crippen LogP contribution >= 0.6 is 0 Å². The Morgan fingerprint density at radius 3 is 2.05 bits per heavy atom. The lowest BCUT2D eigenvalue weighted by Crippen LogP contribution is -2.31. The summed E-state index contributed by atoms with van der Waals surface area (Å²) < 4.78 is 38.0. The van der Waals surface area contributed by atoms with Crippen LogP contribution in [0.4, 0.5) is 4.39 Å². The van der Waals surface area contributed by atoms with Gasteiger partial charge in [-0.15, -0.1) is 0 Å². The molecule has 2 atom stereocenters. The van der Waals surface area contributed by atoms with Gasteiger partial charge in [0.2, 0.25) is 0 Å². The topological polar surface area (TPSA) is 60.2 Å². The number of hydrogen-bond acceptors (Lipinski definition) is 3. The van der Waals surface area contributed by atoms with E-state index in [1.54, 1.807) is 6.92 Å². The summed E-state index contributed by atoms with van der Waals surface area (Å²) in [6.07, 6.45) is 0. The zero-order valence-electron chi connectivity index (χ0n) is 12.0. The average molecular weight is 307 g/mol. The van der Waals surface area contributed by atoms with Gasteiger partial charge in [-0.3, -0.25) is 0 Å². The molecule has 2 aromatic rings. The Hall–Kier alpha value is -1.72. The first kappa shape index (κ1) is 15.7. The van der Waals surface area contributed by atoms with Gasteiger partial charge in [0.05, 0.1) is 10.1 Å². The highest BCUT2D eigenvalue weighted by Crippen LogP contribution is 2.25. The van der Waals surface area contributed by atoms with E-state index < -0.39 is 26.9 Å². The highest BCUT2D eigenvalue weighted by molar-refractivity contribution is 7.92. The van der Waals surface area contributed by atoms with Crippen molar-refractivity contribution in [3.63, 3.8) is 0 Å². The molecule has 0 aliphatic carbocycles. The molecule has 0 saturated heterocycles. The second-order valence-corrected chi connectivity index (χ2v) is 7.45. The van der Waals surface area contributed by atoms with Crippen molar-refractivity contribution in [2.45, 2.75) is 30.0 Å². The number of aryl methyl sites for hydroxylation is 1. The van der Waals surface area contributed by atoms with Gasteiger partial charge < -0.3 is 5.73 Å². The quantitative estimate of drug-likeness (QED) is 0.883. The maximum absolute atomic E-state index is 12.9. The smallest absolute Gasteiger partial charge is 0.182 e. The van der Waals surface area contributed by atoms with E-state index in [0.717, 1.165) is 23.3 Å². The van der Waals surface area contributed by atoms with E-state index in [1.165, 1.54) is 12.1 Å². The van der Waals surface area contributed by atoms with Crippen molar-refractivity contribution >= 4 is 9.84 Å². The third-order valence-electron chi connectivity index (χ3n) is 3.60. The summed E-state index contributed by atoms with van der Waals surface area (Å²) in [6, 6.07) is 11.6. The first-order chi connectivity index (χ1) is 9.82. The fourth-order valence-corrected chi connectivity index (χ4v) is 3.58. The second-order valence-electron chi connectivity index (χ2n) is 5.14. The summed E-state index contributed by atoms with van der Waals surface area (Å²) in [5.74, 6) is -0.468. The summed E-state index contributed by atoms with van der Waals surface area (Å²) in [6.45, 7) is 3.53. The number of rotatable bonds is 4. The third-order valence-corrected chi connectivity index (χ3v) is 5.80. The molecule has 21 heavy (non-hydrogen) atoms. The van der Waals surface area contributed by atoms with Gasteiger partial charge in [-0.05, 0) is 43.7 Å². The van der Waals surface area contributed by atoms with Crippen molar-refractivity contribution in [2.75, 3.05) is 0 Å². The van der Waals surface area contributed by atoms with Crippen LogP contribution in [0.15, 0.2) is 53.4 Å². The van der Waals surface area contributed by atoms with E-state index in [9.17, 15) is 12.8 Å². The van der Waals surface area contributed by atoms with E-state index >= 15 is 0 Å². The fraction of sp³-hybridized carbons (Fsp3) is 0.250. The molecule has 0 fully saturated rings. The summed E-state index contributed by atoms with van der Waals surface area (Å²) >= 11 is 0. The van der Waals surface area contributed by atoms with Crippen LogP contribution in [0.1, 0.15) is 24.1 Å². The van der Waals surface area contributed by atoms with Gasteiger partial charge in [-0.2, -0.15) is 0 Å². The van der Waals surface area contributed by atoms with E-state index in [4.69, 9.17) is 5.73 Å². The van der Waals surface area contributed by atoms with Crippen LogP contribution in [0.2, 0.25) is 0 Å². The molecule has 3 nitrogen and oxygen atoms in total. The molecule has 0 spiro atoms. The van der Waals surface area contributed by atoms with Crippen LogP contribution < -0.4 is 5.73 Å². The average Bonchev–Trinajstić information content (AvgIpc) is 2.47. The predicted molar refractivity (Wildman–Crippen MR) is 81.2 cm³/mol. The number of benzene rings is 2. The Bertz CT molecular complexity index is 709. The number of sulfone groups is 1. The minimum absolute atomic E-state index is 0.0824. The zero-order chi connectivity index (χ0) is 15.6. The lowest BCUT2D eigenvalue weighted by molar-refractivity contribution is 0.564. The molecule has 2 unspecified atom stereocenters. The molecule has 0 bridgehead atoms. The summed E-state index contributed by atoms with van der Waals surface area (Å²) in [5.41, 5.74) is 7.93. The minimum Gasteiger partial charge on any atom is -0.323 e. The summed E-state index contributed by atoms with van der Waals surface area (Å²) in [7, 11) is -3.60. The van der Waals surface area contributed by atoms with Crippen molar-refractivity contribution < 1.29 is 12.8 Å². The molecular weight excluding hydrogens is 289 g/mol. The van der Waals surface area contributed by atoms with Gasteiger partial charge in [0.15, 0.2) is 9.84 Å². The summed E-state index contributed by atoms with van der Waals surface area (Å²) in [4.78, 5) is 0.0824. The molecule has 0 aliphatic heterocycles. The van der Waals surface area contributed by atoms with Crippen LogP contribution in [-0.4, -0.2) is 13.7 Å². The van der Waals surface area contributed by atoms with Gasteiger partial charge in [0.1, 0.15) is 5.82 Å². The third kappa shape index (κ3) is 3.31. The molecule has 0 heterocycles. The SMILES string of the molecule is Cc1ccc(C(N)C(C)S(=O)(=O)c2ccc(F)cc2)cc1. The van der Waals surface area contributed by atoms with Crippen LogP contribution in [-0.2, 0) is 9.84 Å². The van der Waals surface area contributed by atoms with Gasteiger partial charge in [0, 0.05) is 6.04 Å². The lowest BCUT2D eigenvalue weighted by Gasteiger charge is -2.21. The van der Waals surface area contributed by atoms with Crippen molar-refractivity contribution in [1.82, 2.24) is 0 Å². The van der Waals surface area contributed by atoms with Crippen LogP contribution in [0.3, 0.4) is 0 Å². The van der Waals surface area contributed by atoms with Crippen LogP contribution in [0.5, 0.6) is 0 Å². The van der Waals surface area contributed by atoms with Crippen LogP contribution in [0.25, 0.3) is 0 Å². The fourth-order valence-electron chi connectivity index (χ4n) is 2.09. The highest BCUT2D eigenvalue weighted by atomic mass is 32.2. The molecule has 0 saturated carbocycles. The Kier molecular flexibility index (Phi) is 4.44. The van der Waals surface area contributed by atoms with Crippen molar-refractivity contribution in [3.05, 3.63) is 65.5 Å². The lowest BCUT2D eigenvalue weighted by atomic mass is 10.0. The molecule has 2 N–H and O–H groups in total. The van der Waals surface area contributed by atoms with E-state index in [2.05, 4.69) is 0 Å². The molecule has 2 rings (SSSR count). The molecule has 0 amide bonds. The Morgan fingerprint density at radius 1 is 1.00 bits per heavy atom. The predicted octanol–water partition coefficient (Wildman–Crippen LogP) is 3.00. The van der Waals surface area contributed by atoms with Gasteiger partial charge in [-0.25, -0.2) is 12.8 Å². The highest BCUT2D eigenvalue weighted by Gasteiger charge is 2.29. The number of nitrogens with two attached hydrogens (primary N) is 1. The Morgan fingerprint density at radius 2 is 1.52 bits per heavy atom. The monoisotopic (exact) mass is 307 g/mol. The minimum atomic E-state index is -3.60. The maximum Gasteiger partial charge on any atom is 0.182 e. The van der Waals surface area contributed by atoms with Crippen molar-refractivity contribution in [1.29, 1.82) is 0 Å².